The summed E-state index contributed by atoms with van der Waals surface area (Å²) < 4.78 is 1.14. The van der Waals surface area contributed by atoms with Crippen LogP contribution in [0.2, 0.25) is 0 Å². The molecule has 1 saturated heterocycles. The molecule has 1 aliphatic heterocycles. The summed E-state index contributed by atoms with van der Waals surface area (Å²) in [5.74, 6) is 1.08. The van der Waals surface area contributed by atoms with E-state index in [2.05, 4.69) is 34.3 Å². The summed E-state index contributed by atoms with van der Waals surface area (Å²) in [6.07, 6.45) is 1.71. The van der Waals surface area contributed by atoms with Crippen molar-refractivity contribution in [3.05, 3.63) is 20.8 Å². The maximum Gasteiger partial charge on any atom is 0.0819 e. The molecule has 0 amide bonds. The van der Waals surface area contributed by atoms with Crippen LogP contribution in [0.1, 0.15) is 18.2 Å². The zero-order valence-electron chi connectivity index (χ0n) is 8.00. The second kappa shape index (κ2) is 4.16. The Morgan fingerprint density at radius 1 is 1.71 bits per heavy atom. The van der Waals surface area contributed by atoms with Crippen molar-refractivity contribution in [1.82, 2.24) is 0 Å². The molecule has 2 atom stereocenters. The lowest BCUT2D eigenvalue weighted by atomic mass is 9.93. The van der Waals surface area contributed by atoms with Gasteiger partial charge >= 0.3 is 0 Å². The van der Waals surface area contributed by atoms with Crippen LogP contribution in [0.4, 0.5) is 0 Å². The molecule has 0 aromatic carbocycles. The van der Waals surface area contributed by atoms with Gasteiger partial charge in [-0.15, -0.1) is 11.3 Å². The summed E-state index contributed by atoms with van der Waals surface area (Å²) in [5, 5.41) is 12.8. The minimum Gasteiger partial charge on any atom is -0.388 e. The highest BCUT2D eigenvalue weighted by Crippen LogP contribution is 2.40. The standard InChI is InChI=1S/C10H13BrOS2/c1-7-10(12,3-5-13-7)6-9-8(11)2-4-14-9/h2,4,7,12H,3,5-6H2,1H3. The van der Waals surface area contributed by atoms with Crippen LogP contribution in [0.15, 0.2) is 15.9 Å². The fourth-order valence-electron chi connectivity index (χ4n) is 1.73. The fraction of sp³-hybridized carbons (Fsp3) is 0.600. The van der Waals surface area contributed by atoms with Gasteiger partial charge in [-0.2, -0.15) is 11.8 Å². The first kappa shape index (κ1) is 11.0. The third kappa shape index (κ3) is 2.03. The third-order valence-corrected chi connectivity index (χ3v) is 6.12. The van der Waals surface area contributed by atoms with Gasteiger partial charge < -0.3 is 5.11 Å². The molecule has 1 N–H and O–H groups in total. The number of thiophene rings is 1. The van der Waals surface area contributed by atoms with Gasteiger partial charge in [0.25, 0.3) is 0 Å². The van der Waals surface area contributed by atoms with Gasteiger partial charge in [-0.3, -0.25) is 0 Å². The van der Waals surface area contributed by atoms with Gasteiger partial charge in [0.05, 0.1) is 5.60 Å². The average molecular weight is 293 g/mol. The predicted octanol–water partition coefficient (Wildman–Crippen LogP) is 3.31. The Morgan fingerprint density at radius 2 is 2.50 bits per heavy atom. The van der Waals surface area contributed by atoms with Crippen LogP contribution >= 0.6 is 39.0 Å². The maximum atomic E-state index is 10.4. The third-order valence-electron chi connectivity index (χ3n) is 2.82. The Kier molecular flexibility index (Phi) is 3.27. The highest BCUT2D eigenvalue weighted by atomic mass is 79.9. The number of rotatable bonds is 2. The van der Waals surface area contributed by atoms with Crippen molar-refractivity contribution in [1.29, 1.82) is 0 Å². The van der Waals surface area contributed by atoms with E-state index in [1.807, 2.05) is 11.8 Å². The molecule has 1 aromatic rings. The Hall–Kier alpha value is 0.490. The maximum absolute atomic E-state index is 10.4. The largest absolute Gasteiger partial charge is 0.388 e. The smallest absolute Gasteiger partial charge is 0.0819 e. The van der Waals surface area contributed by atoms with Gasteiger partial charge in [0.15, 0.2) is 0 Å². The van der Waals surface area contributed by atoms with Gasteiger partial charge in [-0.25, -0.2) is 0 Å². The number of hydrogen-bond donors (Lipinski definition) is 1. The molecule has 1 aliphatic rings. The molecule has 2 heterocycles. The van der Waals surface area contributed by atoms with E-state index >= 15 is 0 Å². The summed E-state index contributed by atoms with van der Waals surface area (Å²) in [6.45, 7) is 2.12. The molecular formula is C10H13BrOS2. The number of thioether (sulfide) groups is 1. The van der Waals surface area contributed by atoms with Gasteiger partial charge in [0.2, 0.25) is 0 Å². The normalized spacial score (nSPS) is 32.4. The molecule has 2 unspecified atom stereocenters. The van der Waals surface area contributed by atoms with Crippen molar-refractivity contribution < 1.29 is 5.11 Å². The van der Waals surface area contributed by atoms with Crippen molar-refractivity contribution in [2.45, 2.75) is 30.6 Å². The molecule has 1 fully saturated rings. The molecule has 1 aromatic heterocycles. The molecule has 2 rings (SSSR count). The van der Waals surface area contributed by atoms with Crippen LogP contribution < -0.4 is 0 Å². The lowest BCUT2D eigenvalue weighted by Gasteiger charge is -2.26. The lowest BCUT2D eigenvalue weighted by Crippen LogP contribution is -2.36. The topological polar surface area (TPSA) is 20.2 Å². The van der Waals surface area contributed by atoms with E-state index in [0.29, 0.717) is 5.25 Å². The van der Waals surface area contributed by atoms with Crippen LogP contribution in [0.3, 0.4) is 0 Å². The molecule has 0 bridgehead atoms. The van der Waals surface area contributed by atoms with Crippen molar-refractivity contribution in [2.75, 3.05) is 5.75 Å². The number of halogens is 1. The van der Waals surface area contributed by atoms with Crippen LogP contribution in [0.25, 0.3) is 0 Å². The number of hydrogen-bond acceptors (Lipinski definition) is 3. The highest BCUT2D eigenvalue weighted by molar-refractivity contribution is 9.10. The lowest BCUT2D eigenvalue weighted by molar-refractivity contribution is 0.0471. The Labute approximate surface area is 101 Å². The van der Waals surface area contributed by atoms with Crippen molar-refractivity contribution in [3.63, 3.8) is 0 Å². The van der Waals surface area contributed by atoms with Crippen LogP contribution in [0, 0.1) is 0 Å². The Morgan fingerprint density at radius 3 is 3.00 bits per heavy atom. The van der Waals surface area contributed by atoms with Gasteiger partial charge in [0, 0.05) is 21.0 Å². The van der Waals surface area contributed by atoms with E-state index in [0.717, 1.165) is 23.1 Å². The summed E-state index contributed by atoms with van der Waals surface area (Å²) in [7, 11) is 0. The number of aliphatic hydroxyl groups is 1. The molecule has 4 heteroatoms. The summed E-state index contributed by atoms with van der Waals surface area (Å²) in [4.78, 5) is 1.27. The Bertz CT molecular complexity index is 326. The van der Waals surface area contributed by atoms with Crippen molar-refractivity contribution in [2.24, 2.45) is 0 Å². The molecule has 0 spiro atoms. The molecular weight excluding hydrogens is 280 g/mol. The SMILES string of the molecule is CC1SCCC1(O)Cc1sccc1Br. The van der Waals surface area contributed by atoms with Crippen LogP contribution in [0.5, 0.6) is 0 Å². The summed E-state index contributed by atoms with van der Waals surface area (Å²) in [5.41, 5.74) is -0.488. The predicted molar refractivity (Wildman–Crippen MR) is 67.2 cm³/mol. The van der Waals surface area contributed by atoms with E-state index in [4.69, 9.17) is 0 Å². The average Bonchev–Trinajstić information content (AvgIpc) is 2.64. The van der Waals surface area contributed by atoms with E-state index in [-0.39, 0.29) is 0 Å². The second-order valence-corrected chi connectivity index (χ2v) is 7.04. The first-order valence-corrected chi connectivity index (χ1v) is 7.40. The van der Waals surface area contributed by atoms with Gasteiger partial charge in [-0.05, 0) is 39.6 Å². The minimum atomic E-state index is -0.488. The zero-order chi connectivity index (χ0) is 10.2. The fourth-order valence-corrected chi connectivity index (χ4v) is 4.68. The molecule has 0 radical (unpaired) electrons. The molecule has 78 valence electrons. The Balaban J connectivity index is 2.14. The zero-order valence-corrected chi connectivity index (χ0v) is 11.2. The highest BCUT2D eigenvalue weighted by Gasteiger charge is 2.39. The first-order valence-electron chi connectivity index (χ1n) is 4.68. The molecule has 0 saturated carbocycles. The van der Waals surface area contributed by atoms with Crippen molar-refractivity contribution in [3.8, 4) is 0 Å². The van der Waals surface area contributed by atoms with E-state index in [9.17, 15) is 5.11 Å². The van der Waals surface area contributed by atoms with E-state index < -0.39 is 5.60 Å². The molecule has 14 heavy (non-hydrogen) atoms. The first-order chi connectivity index (χ1) is 6.62. The van der Waals surface area contributed by atoms with Gasteiger partial charge in [0.1, 0.15) is 0 Å². The molecule has 0 aliphatic carbocycles. The van der Waals surface area contributed by atoms with Gasteiger partial charge in [-0.1, -0.05) is 6.92 Å². The second-order valence-electron chi connectivity index (χ2n) is 3.74. The van der Waals surface area contributed by atoms with E-state index in [1.165, 1.54) is 4.88 Å². The van der Waals surface area contributed by atoms with Crippen LogP contribution in [-0.2, 0) is 6.42 Å². The van der Waals surface area contributed by atoms with Crippen LogP contribution in [-0.4, -0.2) is 21.7 Å². The molecule has 1 nitrogen and oxygen atoms in total. The van der Waals surface area contributed by atoms with E-state index in [1.54, 1.807) is 11.3 Å². The minimum absolute atomic E-state index is 0.358. The quantitative estimate of drug-likeness (QED) is 0.902. The monoisotopic (exact) mass is 292 g/mol. The van der Waals surface area contributed by atoms with Crippen molar-refractivity contribution >= 4 is 39.0 Å². The summed E-state index contributed by atoms with van der Waals surface area (Å²) in [6, 6.07) is 2.05. The summed E-state index contributed by atoms with van der Waals surface area (Å²) >= 11 is 7.10.